The average molecular weight is 461 g/mol. The summed E-state index contributed by atoms with van der Waals surface area (Å²) in [5.74, 6) is 1.25. The van der Waals surface area contributed by atoms with Crippen molar-refractivity contribution in [2.24, 2.45) is 5.92 Å². The maximum atomic E-state index is 13.3. The van der Waals surface area contributed by atoms with Crippen LogP contribution in [0.5, 0.6) is 0 Å². The van der Waals surface area contributed by atoms with Gasteiger partial charge < -0.3 is 9.42 Å². The lowest BCUT2D eigenvalue weighted by Gasteiger charge is -2.37. The molecule has 8 nitrogen and oxygen atoms in total. The van der Waals surface area contributed by atoms with Crippen LogP contribution in [0.4, 0.5) is 0 Å². The van der Waals surface area contributed by atoms with Gasteiger partial charge in [0.25, 0.3) is 0 Å². The Labute approximate surface area is 190 Å². The van der Waals surface area contributed by atoms with Crippen LogP contribution in [0, 0.1) is 33.6 Å². The second kappa shape index (κ2) is 8.94. The molecule has 1 aromatic carbocycles. The molecule has 1 amide bonds. The van der Waals surface area contributed by atoms with Crippen LogP contribution in [0.15, 0.2) is 21.6 Å². The molecule has 9 heteroatoms. The maximum Gasteiger partial charge on any atom is 0.243 e. The van der Waals surface area contributed by atoms with Crippen molar-refractivity contribution < 1.29 is 17.7 Å². The third kappa shape index (κ3) is 4.45. The summed E-state index contributed by atoms with van der Waals surface area (Å²) in [7, 11) is -3.58. The molecule has 0 radical (unpaired) electrons. The number of likely N-dealkylation sites (tertiary alicyclic amines) is 1. The maximum absolute atomic E-state index is 13.3. The molecule has 2 aromatic rings. The van der Waals surface area contributed by atoms with E-state index in [9.17, 15) is 13.2 Å². The SMILES string of the molecule is Cc1cc(C)c(S(=O)(=O)N2CCC(C(=O)N3CCCC(c4nc(C)no4)C3)CC2)c(C)c1. The van der Waals surface area contributed by atoms with Crippen LogP contribution in [0.25, 0.3) is 0 Å². The minimum Gasteiger partial charge on any atom is -0.342 e. The molecule has 1 unspecified atom stereocenters. The summed E-state index contributed by atoms with van der Waals surface area (Å²) in [4.78, 5) is 19.8. The highest BCUT2D eigenvalue weighted by molar-refractivity contribution is 7.89. The number of nitrogens with zero attached hydrogens (tertiary/aromatic N) is 4. The lowest BCUT2D eigenvalue weighted by Crippen LogP contribution is -2.47. The minimum absolute atomic E-state index is 0.0712. The Morgan fingerprint density at radius 2 is 1.69 bits per heavy atom. The van der Waals surface area contributed by atoms with Gasteiger partial charge in [0.1, 0.15) is 0 Å². The summed E-state index contributed by atoms with van der Waals surface area (Å²) in [6.45, 7) is 9.50. The smallest absolute Gasteiger partial charge is 0.243 e. The second-order valence-corrected chi connectivity index (χ2v) is 11.1. The van der Waals surface area contributed by atoms with Crippen LogP contribution >= 0.6 is 0 Å². The fraction of sp³-hybridized carbons (Fsp3) is 0.609. The van der Waals surface area contributed by atoms with E-state index in [-0.39, 0.29) is 17.7 Å². The standard InChI is InChI=1S/C23H32N4O4S/c1-15-12-16(2)21(17(3)13-15)32(29,30)27-10-7-19(8-11-27)23(28)26-9-5-6-20(14-26)22-24-18(4)25-31-22/h12-13,19-20H,5-11,14H2,1-4H3. The van der Waals surface area contributed by atoms with Gasteiger partial charge in [0, 0.05) is 32.1 Å². The van der Waals surface area contributed by atoms with Gasteiger partial charge in [-0.15, -0.1) is 0 Å². The molecule has 3 heterocycles. The summed E-state index contributed by atoms with van der Waals surface area (Å²) in [5.41, 5.74) is 2.60. The van der Waals surface area contributed by atoms with Gasteiger partial charge in [0.2, 0.25) is 21.8 Å². The van der Waals surface area contributed by atoms with Gasteiger partial charge in [0.15, 0.2) is 5.82 Å². The van der Waals surface area contributed by atoms with E-state index in [0.29, 0.717) is 49.1 Å². The second-order valence-electron chi connectivity index (χ2n) is 9.21. The molecule has 174 valence electrons. The highest BCUT2D eigenvalue weighted by Crippen LogP contribution is 2.31. The van der Waals surface area contributed by atoms with Crippen molar-refractivity contribution in [3.8, 4) is 0 Å². The first-order valence-electron chi connectivity index (χ1n) is 11.3. The molecule has 1 aromatic heterocycles. The summed E-state index contributed by atoms with van der Waals surface area (Å²) >= 11 is 0. The lowest BCUT2D eigenvalue weighted by molar-refractivity contribution is -0.138. The highest BCUT2D eigenvalue weighted by atomic mass is 32.2. The molecular weight excluding hydrogens is 428 g/mol. The molecule has 0 N–H and O–H groups in total. The van der Waals surface area contributed by atoms with Crippen LogP contribution in [0.2, 0.25) is 0 Å². The zero-order valence-corrected chi connectivity index (χ0v) is 20.1. The number of rotatable bonds is 4. The fourth-order valence-electron chi connectivity index (χ4n) is 5.16. The molecule has 0 saturated carbocycles. The van der Waals surface area contributed by atoms with Gasteiger partial charge in [0.05, 0.1) is 10.8 Å². The Morgan fingerprint density at radius 3 is 2.28 bits per heavy atom. The van der Waals surface area contributed by atoms with Crippen LogP contribution < -0.4 is 0 Å². The van der Waals surface area contributed by atoms with Crippen LogP contribution in [-0.4, -0.2) is 59.8 Å². The predicted molar refractivity (Wildman–Crippen MR) is 120 cm³/mol. The van der Waals surface area contributed by atoms with Gasteiger partial charge >= 0.3 is 0 Å². The highest BCUT2D eigenvalue weighted by Gasteiger charge is 2.37. The number of hydrogen-bond acceptors (Lipinski definition) is 6. The van der Waals surface area contributed by atoms with Gasteiger partial charge in [-0.05, 0) is 64.5 Å². The number of piperidine rings is 2. The molecule has 0 bridgehead atoms. The van der Waals surface area contributed by atoms with E-state index < -0.39 is 10.0 Å². The zero-order chi connectivity index (χ0) is 23.0. The van der Waals surface area contributed by atoms with Gasteiger partial charge in [-0.3, -0.25) is 4.79 Å². The molecule has 4 rings (SSSR count). The van der Waals surface area contributed by atoms with Crippen LogP contribution in [0.1, 0.15) is 60.0 Å². The first-order valence-corrected chi connectivity index (χ1v) is 12.8. The number of benzene rings is 1. The lowest BCUT2D eigenvalue weighted by atomic mass is 9.93. The van der Waals surface area contributed by atoms with Crippen LogP contribution in [0.3, 0.4) is 0 Å². The Bertz CT molecular complexity index is 1080. The van der Waals surface area contributed by atoms with Gasteiger partial charge in [-0.1, -0.05) is 22.9 Å². The van der Waals surface area contributed by atoms with E-state index in [1.807, 2.05) is 37.8 Å². The van der Waals surface area contributed by atoms with Crippen molar-refractivity contribution in [2.75, 3.05) is 26.2 Å². The summed E-state index contributed by atoms with van der Waals surface area (Å²) in [6, 6.07) is 3.82. The van der Waals surface area contributed by atoms with Crippen molar-refractivity contribution in [3.63, 3.8) is 0 Å². The Kier molecular flexibility index (Phi) is 6.40. The molecule has 32 heavy (non-hydrogen) atoms. The topological polar surface area (TPSA) is 96.6 Å². The molecule has 2 saturated heterocycles. The number of aryl methyl sites for hydroxylation is 4. The Hall–Kier alpha value is -2.26. The molecular formula is C23H32N4O4S. The van der Waals surface area contributed by atoms with Crippen molar-refractivity contribution in [1.82, 2.24) is 19.3 Å². The largest absolute Gasteiger partial charge is 0.342 e. The molecule has 2 aliphatic heterocycles. The zero-order valence-electron chi connectivity index (χ0n) is 19.3. The van der Waals surface area contributed by atoms with E-state index in [0.717, 1.165) is 36.1 Å². The first-order chi connectivity index (χ1) is 15.2. The number of carbonyl (C=O) groups excluding carboxylic acids is 1. The molecule has 2 aliphatic rings. The number of carbonyl (C=O) groups is 1. The third-order valence-electron chi connectivity index (χ3n) is 6.63. The van der Waals surface area contributed by atoms with Gasteiger partial charge in [-0.2, -0.15) is 9.29 Å². The van der Waals surface area contributed by atoms with Crippen LogP contribution in [-0.2, 0) is 14.8 Å². The van der Waals surface area contributed by atoms with E-state index in [1.54, 1.807) is 11.2 Å². The predicted octanol–water partition coefficient (Wildman–Crippen LogP) is 3.11. The van der Waals surface area contributed by atoms with E-state index >= 15 is 0 Å². The summed E-state index contributed by atoms with van der Waals surface area (Å²) in [6.07, 6.45) is 2.92. The number of aromatic nitrogens is 2. The molecule has 2 fully saturated rings. The first kappa shape index (κ1) is 22.9. The van der Waals surface area contributed by atoms with Crippen molar-refractivity contribution >= 4 is 15.9 Å². The van der Waals surface area contributed by atoms with Crippen molar-refractivity contribution in [1.29, 1.82) is 0 Å². The normalized spacial score (nSPS) is 21.1. The minimum atomic E-state index is -3.58. The molecule has 0 spiro atoms. The fourth-order valence-corrected chi connectivity index (χ4v) is 7.04. The number of hydrogen-bond donors (Lipinski definition) is 0. The van der Waals surface area contributed by atoms with E-state index in [1.165, 1.54) is 0 Å². The van der Waals surface area contributed by atoms with Crippen molar-refractivity contribution in [3.05, 3.63) is 40.5 Å². The van der Waals surface area contributed by atoms with Gasteiger partial charge in [-0.25, -0.2) is 8.42 Å². The molecule has 1 atom stereocenters. The summed E-state index contributed by atoms with van der Waals surface area (Å²) < 4.78 is 33.5. The monoisotopic (exact) mass is 460 g/mol. The van der Waals surface area contributed by atoms with Crippen molar-refractivity contribution in [2.45, 2.75) is 64.2 Å². The number of amides is 1. The number of sulfonamides is 1. The Balaban J connectivity index is 1.40. The van der Waals surface area contributed by atoms with E-state index in [4.69, 9.17) is 4.52 Å². The molecule has 0 aliphatic carbocycles. The average Bonchev–Trinajstić information content (AvgIpc) is 3.19. The quantitative estimate of drug-likeness (QED) is 0.696. The Morgan fingerprint density at radius 1 is 1.03 bits per heavy atom. The van der Waals surface area contributed by atoms with E-state index in [2.05, 4.69) is 10.1 Å². The summed E-state index contributed by atoms with van der Waals surface area (Å²) in [5, 5.41) is 3.87. The third-order valence-corrected chi connectivity index (χ3v) is 8.84.